The Morgan fingerprint density at radius 3 is 2.46 bits per heavy atom. The monoisotopic (exact) mass is 360 g/mol. The number of anilines is 1. The van der Waals surface area contributed by atoms with Crippen molar-refractivity contribution < 1.29 is 23.5 Å². The first-order valence-corrected chi connectivity index (χ1v) is 8.09. The minimum absolute atomic E-state index is 0.0144. The Morgan fingerprint density at radius 1 is 1.08 bits per heavy atom. The maximum Gasteiger partial charge on any atom is 0.313 e. The number of carbonyl (C=O) groups excluding carboxylic acids is 2. The number of carbonyl (C=O) groups is 2. The maximum atomic E-state index is 13.8. The van der Waals surface area contributed by atoms with Gasteiger partial charge in [-0.25, -0.2) is 4.39 Å². The second-order valence-electron chi connectivity index (χ2n) is 5.54. The molecule has 0 aliphatic rings. The molecule has 138 valence electrons. The van der Waals surface area contributed by atoms with Crippen LogP contribution in [0, 0.1) is 12.7 Å². The molecule has 0 aromatic heterocycles. The van der Waals surface area contributed by atoms with E-state index >= 15 is 0 Å². The van der Waals surface area contributed by atoms with Gasteiger partial charge in [0.1, 0.15) is 5.75 Å². The van der Waals surface area contributed by atoms with Gasteiger partial charge in [-0.15, -0.1) is 0 Å². The van der Waals surface area contributed by atoms with E-state index in [2.05, 4.69) is 10.6 Å². The first-order valence-electron chi connectivity index (χ1n) is 8.09. The van der Waals surface area contributed by atoms with Gasteiger partial charge in [0.05, 0.1) is 19.4 Å². The van der Waals surface area contributed by atoms with Gasteiger partial charge in [-0.05, 0) is 49.2 Å². The van der Waals surface area contributed by atoms with Gasteiger partial charge in [0, 0.05) is 6.54 Å². The predicted molar refractivity (Wildman–Crippen MR) is 95.8 cm³/mol. The number of amides is 2. The Morgan fingerprint density at radius 2 is 1.81 bits per heavy atom. The van der Waals surface area contributed by atoms with Crippen LogP contribution in [0.4, 0.5) is 10.1 Å². The lowest BCUT2D eigenvalue weighted by atomic mass is 10.2. The molecule has 0 aliphatic carbocycles. The Bertz CT molecular complexity index is 808. The number of rotatable bonds is 6. The smallest absolute Gasteiger partial charge is 0.313 e. The molecule has 2 aromatic carbocycles. The Kier molecular flexibility index (Phi) is 6.54. The Labute approximate surface area is 151 Å². The normalized spacial score (nSPS) is 10.2. The van der Waals surface area contributed by atoms with E-state index in [4.69, 9.17) is 9.47 Å². The summed E-state index contributed by atoms with van der Waals surface area (Å²) in [5.74, 6) is -1.59. The molecule has 7 heteroatoms. The molecule has 6 nitrogen and oxygen atoms in total. The van der Waals surface area contributed by atoms with Crippen molar-refractivity contribution in [1.29, 1.82) is 0 Å². The van der Waals surface area contributed by atoms with Crippen LogP contribution >= 0.6 is 0 Å². The number of nitrogens with one attached hydrogen (secondary N) is 2. The van der Waals surface area contributed by atoms with Gasteiger partial charge in [-0.2, -0.15) is 0 Å². The lowest BCUT2D eigenvalue weighted by Gasteiger charge is -2.11. The molecule has 26 heavy (non-hydrogen) atoms. The van der Waals surface area contributed by atoms with Crippen LogP contribution in [-0.4, -0.2) is 25.5 Å². The van der Waals surface area contributed by atoms with Crippen LogP contribution in [0.5, 0.6) is 11.5 Å². The van der Waals surface area contributed by atoms with E-state index in [1.54, 1.807) is 25.1 Å². The highest BCUT2D eigenvalue weighted by atomic mass is 19.1. The molecule has 2 N–H and O–H groups in total. The number of benzene rings is 2. The molecule has 0 fully saturated rings. The highest BCUT2D eigenvalue weighted by molar-refractivity contribution is 6.39. The summed E-state index contributed by atoms with van der Waals surface area (Å²) in [5, 5.41) is 4.96. The third-order valence-electron chi connectivity index (χ3n) is 3.56. The third-order valence-corrected chi connectivity index (χ3v) is 3.56. The molecule has 0 aliphatic heterocycles. The van der Waals surface area contributed by atoms with Gasteiger partial charge in [0.15, 0.2) is 11.6 Å². The summed E-state index contributed by atoms with van der Waals surface area (Å²) in [6.07, 6.45) is 0. The van der Waals surface area contributed by atoms with Gasteiger partial charge >= 0.3 is 11.8 Å². The molecule has 2 aromatic rings. The molecule has 0 unspecified atom stereocenters. The fourth-order valence-corrected chi connectivity index (χ4v) is 2.29. The predicted octanol–water partition coefficient (Wildman–Crippen LogP) is 2.80. The van der Waals surface area contributed by atoms with Crippen LogP contribution in [0.2, 0.25) is 0 Å². The summed E-state index contributed by atoms with van der Waals surface area (Å²) in [6, 6.07) is 9.59. The van der Waals surface area contributed by atoms with Crippen molar-refractivity contribution in [2.75, 3.05) is 19.0 Å². The van der Waals surface area contributed by atoms with E-state index in [1.165, 1.54) is 19.2 Å². The number of hydrogen-bond acceptors (Lipinski definition) is 4. The third kappa shape index (κ3) is 4.95. The number of methoxy groups -OCH3 is 1. The highest BCUT2D eigenvalue weighted by Gasteiger charge is 2.16. The van der Waals surface area contributed by atoms with Crippen molar-refractivity contribution in [3.63, 3.8) is 0 Å². The molecule has 0 atom stereocenters. The van der Waals surface area contributed by atoms with Crippen molar-refractivity contribution in [3.05, 3.63) is 53.3 Å². The summed E-state index contributed by atoms with van der Waals surface area (Å²) < 4.78 is 24.1. The largest absolute Gasteiger partial charge is 0.495 e. The molecule has 2 rings (SSSR count). The van der Waals surface area contributed by atoms with Crippen molar-refractivity contribution >= 4 is 17.5 Å². The molecular weight excluding hydrogens is 339 g/mol. The van der Waals surface area contributed by atoms with Gasteiger partial charge in [0.25, 0.3) is 0 Å². The minimum atomic E-state index is -0.833. The molecule has 0 bridgehead atoms. The molecule has 2 amide bonds. The second-order valence-corrected chi connectivity index (χ2v) is 5.54. The molecule has 0 spiro atoms. The maximum absolute atomic E-state index is 13.8. The average molecular weight is 360 g/mol. The SMILES string of the molecule is CCOc1ccc(CNC(=O)C(=O)Nc2cc(C)ccc2OC)cc1F. The molecular formula is C19H21FN2O4. The lowest BCUT2D eigenvalue weighted by molar-refractivity contribution is -0.136. The summed E-state index contributed by atoms with van der Waals surface area (Å²) in [4.78, 5) is 24.0. The zero-order valence-electron chi connectivity index (χ0n) is 14.9. The van der Waals surface area contributed by atoms with Crippen molar-refractivity contribution in [2.24, 2.45) is 0 Å². The van der Waals surface area contributed by atoms with Crippen LogP contribution in [0.25, 0.3) is 0 Å². The van der Waals surface area contributed by atoms with Crippen molar-refractivity contribution in [1.82, 2.24) is 5.32 Å². The summed E-state index contributed by atoms with van der Waals surface area (Å²) in [6.45, 7) is 3.99. The fourth-order valence-electron chi connectivity index (χ4n) is 2.29. The van der Waals surface area contributed by atoms with Crippen LogP contribution < -0.4 is 20.1 Å². The van der Waals surface area contributed by atoms with E-state index < -0.39 is 17.6 Å². The second kappa shape index (κ2) is 8.84. The van der Waals surface area contributed by atoms with Crippen LogP contribution in [-0.2, 0) is 16.1 Å². The summed E-state index contributed by atoms with van der Waals surface area (Å²) in [7, 11) is 1.47. The first-order chi connectivity index (χ1) is 12.4. The number of ether oxygens (including phenoxy) is 2. The molecule has 0 radical (unpaired) electrons. The van der Waals surface area contributed by atoms with E-state index in [-0.39, 0.29) is 12.3 Å². The minimum Gasteiger partial charge on any atom is -0.495 e. The van der Waals surface area contributed by atoms with Crippen LogP contribution in [0.15, 0.2) is 36.4 Å². The van der Waals surface area contributed by atoms with Gasteiger partial charge in [-0.3, -0.25) is 9.59 Å². The summed E-state index contributed by atoms with van der Waals surface area (Å²) >= 11 is 0. The van der Waals surface area contributed by atoms with Gasteiger partial charge in [0.2, 0.25) is 0 Å². The van der Waals surface area contributed by atoms with Gasteiger partial charge < -0.3 is 20.1 Å². The fraction of sp³-hybridized carbons (Fsp3) is 0.263. The first kappa shape index (κ1) is 19.2. The molecule has 0 saturated carbocycles. The average Bonchev–Trinajstić information content (AvgIpc) is 2.62. The van der Waals surface area contributed by atoms with E-state index in [9.17, 15) is 14.0 Å². The summed E-state index contributed by atoms with van der Waals surface area (Å²) in [5.41, 5.74) is 1.83. The van der Waals surface area contributed by atoms with E-state index in [0.717, 1.165) is 5.56 Å². The zero-order valence-corrected chi connectivity index (χ0v) is 14.9. The lowest BCUT2D eigenvalue weighted by Crippen LogP contribution is -2.35. The standard InChI is InChI=1S/C19H21FN2O4/c1-4-26-16-8-6-13(10-14(16)20)11-21-18(23)19(24)22-15-9-12(2)5-7-17(15)25-3/h5-10H,4,11H2,1-3H3,(H,21,23)(H,22,24). The molecule has 0 saturated heterocycles. The Balaban J connectivity index is 1.96. The highest BCUT2D eigenvalue weighted by Crippen LogP contribution is 2.25. The number of hydrogen-bond donors (Lipinski definition) is 2. The number of aryl methyl sites for hydroxylation is 1. The van der Waals surface area contributed by atoms with Crippen LogP contribution in [0.1, 0.15) is 18.1 Å². The quantitative estimate of drug-likeness (QED) is 0.777. The molecule has 0 heterocycles. The van der Waals surface area contributed by atoms with Crippen molar-refractivity contribution in [3.8, 4) is 11.5 Å². The van der Waals surface area contributed by atoms with Crippen LogP contribution in [0.3, 0.4) is 0 Å². The van der Waals surface area contributed by atoms with Crippen molar-refractivity contribution in [2.45, 2.75) is 20.4 Å². The number of halogens is 1. The Hall–Kier alpha value is -3.09. The topological polar surface area (TPSA) is 76.7 Å². The van der Waals surface area contributed by atoms with E-state index in [1.807, 2.05) is 13.0 Å². The van der Waals surface area contributed by atoms with E-state index in [0.29, 0.717) is 23.6 Å². The van der Waals surface area contributed by atoms with Gasteiger partial charge in [-0.1, -0.05) is 12.1 Å². The zero-order chi connectivity index (χ0) is 19.1.